The summed E-state index contributed by atoms with van der Waals surface area (Å²) in [5.74, 6) is 1.05. The second kappa shape index (κ2) is 3.73. The molecule has 2 rings (SSSR count). The predicted octanol–water partition coefficient (Wildman–Crippen LogP) is 0.659. The number of nitrogens with zero attached hydrogens (tertiary/aromatic N) is 3. The first-order valence-corrected chi connectivity index (χ1v) is 4.03. The summed E-state index contributed by atoms with van der Waals surface area (Å²) in [6.45, 7) is 0.551. The van der Waals surface area contributed by atoms with E-state index < -0.39 is 0 Å². The van der Waals surface area contributed by atoms with Crippen LogP contribution >= 0.6 is 0 Å². The third kappa shape index (κ3) is 1.98. The number of oxazole rings is 1. The van der Waals surface area contributed by atoms with E-state index in [4.69, 9.17) is 10.2 Å². The fourth-order valence-electron chi connectivity index (χ4n) is 0.935. The molecule has 0 unspecified atom stereocenters. The minimum atomic E-state index is 0.400. The number of hydrogen-bond acceptors (Lipinski definition) is 6. The smallest absolute Gasteiger partial charge is 0.180 e. The molecule has 14 heavy (non-hydrogen) atoms. The van der Waals surface area contributed by atoms with Crippen molar-refractivity contribution in [1.29, 1.82) is 0 Å². The zero-order valence-corrected chi connectivity index (χ0v) is 7.34. The topological polar surface area (TPSA) is 89.9 Å². The van der Waals surface area contributed by atoms with E-state index >= 15 is 0 Å². The van der Waals surface area contributed by atoms with Crippen LogP contribution in [0.5, 0.6) is 0 Å². The Bertz CT molecular complexity index is 383. The maximum Gasteiger partial charge on any atom is 0.180 e. The Morgan fingerprint density at radius 3 is 2.86 bits per heavy atom. The Balaban J connectivity index is 1.95. The van der Waals surface area contributed by atoms with E-state index in [0.717, 1.165) is 5.69 Å². The molecular formula is C8H9N5O. The normalized spacial score (nSPS) is 10.0. The van der Waals surface area contributed by atoms with Crippen LogP contribution in [-0.4, -0.2) is 15.0 Å². The zero-order chi connectivity index (χ0) is 9.80. The summed E-state index contributed by atoms with van der Waals surface area (Å²) in [5.41, 5.74) is 6.20. The minimum Gasteiger partial charge on any atom is -0.451 e. The lowest BCUT2D eigenvalue weighted by Gasteiger charge is -2.01. The quantitative estimate of drug-likeness (QED) is 0.740. The van der Waals surface area contributed by atoms with Gasteiger partial charge in [0.15, 0.2) is 6.39 Å². The van der Waals surface area contributed by atoms with Crippen LogP contribution in [-0.2, 0) is 6.54 Å². The zero-order valence-electron chi connectivity index (χ0n) is 7.34. The van der Waals surface area contributed by atoms with Gasteiger partial charge < -0.3 is 15.5 Å². The molecule has 0 amide bonds. The summed E-state index contributed by atoms with van der Waals surface area (Å²) in [7, 11) is 0. The lowest BCUT2D eigenvalue weighted by atomic mass is 10.5. The van der Waals surface area contributed by atoms with Crippen LogP contribution in [0.4, 0.5) is 11.6 Å². The third-order valence-corrected chi connectivity index (χ3v) is 1.61. The second-order valence-corrected chi connectivity index (χ2v) is 2.66. The maximum atomic E-state index is 5.39. The standard InChI is InChI=1S/C8H9N5O/c9-7-2-12-8(3-10-7)11-1-6-4-14-5-13-6/h2-5H,1H2,(H2,9,10)(H,11,12). The summed E-state index contributed by atoms with van der Waals surface area (Å²) in [6.07, 6.45) is 6.00. The lowest BCUT2D eigenvalue weighted by molar-refractivity contribution is 0.556. The van der Waals surface area contributed by atoms with Crippen molar-refractivity contribution in [2.75, 3.05) is 11.1 Å². The molecule has 0 spiro atoms. The highest BCUT2D eigenvalue weighted by atomic mass is 16.3. The molecule has 2 aromatic rings. The Kier molecular flexibility index (Phi) is 2.26. The molecule has 72 valence electrons. The first-order valence-electron chi connectivity index (χ1n) is 4.03. The highest BCUT2D eigenvalue weighted by Gasteiger charge is 1.97. The molecule has 2 aromatic heterocycles. The highest BCUT2D eigenvalue weighted by molar-refractivity contribution is 5.36. The van der Waals surface area contributed by atoms with Gasteiger partial charge in [-0.3, -0.25) is 0 Å². The number of anilines is 2. The Hall–Kier alpha value is -2.11. The van der Waals surface area contributed by atoms with Gasteiger partial charge >= 0.3 is 0 Å². The van der Waals surface area contributed by atoms with Gasteiger partial charge in [-0.2, -0.15) is 0 Å². The number of hydrogen-bond donors (Lipinski definition) is 2. The highest BCUT2D eigenvalue weighted by Crippen LogP contribution is 2.03. The summed E-state index contributed by atoms with van der Waals surface area (Å²) in [5, 5.41) is 3.02. The number of rotatable bonds is 3. The average Bonchev–Trinajstić information content (AvgIpc) is 2.70. The van der Waals surface area contributed by atoms with Crippen LogP contribution in [0.2, 0.25) is 0 Å². The molecule has 0 bridgehead atoms. The van der Waals surface area contributed by atoms with Crippen molar-refractivity contribution < 1.29 is 4.42 Å². The van der Waals surface area contributed by atoms with Crippen LogP contribution in [0, 0.1) is 0 Å². The molecule has 0 aromatic carbocycles. The number of nitrogens with two attached hydrogens (primary N) is 1. The third-order valence-electron chi connectivity index (χ3n) is 1.61. The maximum absolute atomic E-state index is 5.39. The van der Waals surface area contributed by atoms with Gasteiger partial charge in [-0.1, -0.05) is 0 Å². The summed E-state index contributed by atoms with van der Waals surface area (Å²) >= 11 is 0. The summed E-state index contributed by atoms with van der Waals surface area (Å²) in [4.78, 5) is 11.9. The molecule has 2 heterocycles. The van der Waals surface area contributed by atoms with Crippen molar-refractivity contribution in [3.05, 3.63) is 30.7 Å². The number of nitrogen functional groups attached to an aromatic ring is 1. The Morgan fingerprint density at radius 1 is 1.29 bits per heavy atom. The van der Waals surface area contributed by atoms with Gasteiger partial charge in [0.1, 0.15) is 17.9 Å². The van der Waals surface area contributed by atoms with Crippen molar-refractivity contribution in [3.8, 4) is 0 Å². The van der Waals surface area contributed by atoms with Crippen molar-refractivity contribution in [2.45, 2.75) is 6.54 Å². The fourth-order valence-corrected chi connectivity index (χ4v) is 0.935. The van der Waals surface area contributed by atoms with Crippen LogP contribution in [0.3, 0.4) is 0 Å². The Labute approximate surface area is 80.2 Å². The lowest BCUT2D eigenvalue weighted by Crippen LogP contribution is -2.02. The van der Waals surface area contributed by atoms with E-state index in [1.54, 1.807) is 12.5 Å². The van der Waals surface area contributed by atoms with Crippen LogP contribution < -0.4 is 11.1 Å². The van der Waals surface area contributed by atoms with Crippen LogP contribution in [0.25, 0.3) is 0 Å². The van der Waals surface area contributed by atoms with E-state index in [2.05, 4.69) is 20.3 Å². The molecule has 6 heteroatoms. The molecule has 0 radical (unpaired) electrons. The van der Waals surface area contributed by atoms with Crippen LogP contribution in [0.15, 0.2) is 29.5 Å². The molecule has 0 aliphatic heterocycles. The van der Waals surface area contributed by atoms with E-state index in [-0.39, 0.29) is 0 Å². The fraction of sp³-hybridized carbons (Fsp3) is 0.125. The molecule has 0 aliphatic carbocycles. The first-order chi connectivity index (χ1) is 6.84. The molecule has 0 fully saturated rings. The van der Waals surface area contributed by atoms with Gasteiger partial charge in [-0.25, -0.2) is 15.0 Å². The van der Waals surface area contributed by atoms with Gasteiger partial charge in [-0.15, -0.1) is 0 Å². The van der Waals surface area contributed by atoms with Gasteiger partial charge in [0.2, 0.25) is 0 Å². The van der Waals surface area contributed by atoms with E-state index in [1.807, 2.05) is 0 Å². The molecule has 3 N–H and O–H groups in total. The van der Waals surface area contributed by atoms with Gasteiger partial charge in [0.25, 0.3) is 0 Å². The van der Waals surface area contributed by atoms with Crippen molar-refractivity contribution in [2.24, 2.45) is 0 Å². The molecule has 0 saturated carbocycles. The summed E-state index contributed by atoms with van der Waals surface area (Å²) in [6, 6.07) is 0. The molecule has 0 aliphatic rings. The SMILES string of the molecule is Nc1cnc(NCc2cocn2)cn1. The van der Waals surface area contributed by atoms with Gasteiger partial charge in [0, 0.05) is 0 Å². The monoisotopic (exact) mass is 191 g/mol. The molecule has 0 saturated heterocycles. The number of aromatic nitrogens is 3. The van der Waals surface area contributed by atoms with Crippen molar-refractivity contribution in [3.63, 3.8) is 0 Å². The number of nitrogens with one attached hydrogen (secondary N) is 1. The van der Waals surface area contributed by atoms with Gasteiger partial charge in [-0.05, 0) is 0 Å². The predicted molar refractivity (Wildman–Crippen MR) is 50.3 cm³/mol. The van der Waals surface area contributed by atoms with E-state index in [0.29, 0.717) is 18.2 Å². The van der Waals surface area contributed by atoms with Crippen LogP contribution in [0.1, 0.15) is 5.69 Å². The summed E-state index contributed by atoms with van der Waals surface area (Å²) < 4.78 is 4.81. The van der Waals surface area contributed by atoms with E-state index in [1.165, 1.54) is 12.6 Å². The second-order valence-electron chi connectivity index (χ2n) is 2.66. The minimum absolute atomic E-state index is 0.400. The molecular weight excluding hydrogens is 182 g/mol. The average molecular weight is 191 g/mol. The van der Waals surface area contributed by atoms with Crippen molar-refractivity contribution in [1.82, 2.24) is 15.0 Å². The van der Waals surface area contributed by atoms with Crippen molar-refractivity contribution >= 4 is 11.6 Å². The molecule has 6 nitrogen and oxygen atoms in total. The van der Waals surface area contributed by atoms with Gasteiger partial charge in [0.05, 0.1) is 24.6 Å². The Morgan fingerprint density at radius 2 is 2.21 bits per heavy atom. The first kappa shape index (κ1) is 8.49. The largest absolute Gasteiger partial charge is 0.451 e. The van der Waals surface area contributed by atoms with E-state index in [9.17, 15) is 0 Å². The molecule has 0 atom stereocenters.